The molecule has 3 rings (SSSR count). The second-order valence-electron chi connectivity index (χ2n) is 5.32. The van der Waals surface area contributed by atoms with Crippen LogP contribution in [-0.2, 0) is 11.8 Å². The summed E-state index contributed by atoms with van der Waals surface area (Å²) in [5.74, 6) is -0.211. The molecule has 4 heteroatoms. The molecule has 0 atom stereocenters. The molecule has 20 heavy (non-hydrogen) atoms. The molecule has 0 unspecified atom stereocenters. The van der Waals surface area contributed by atoms with Crippen LogP contribution in [-0.4, -0.2) is 13.1 Å². The third-order valence-corrected chi connectivity index (χ3v) is 4.99. The van der Waals surface area contributed by atoms with Crippen molar-refractivity contribution in [2.45, 2.75) is 11.8 Å². The highest BCUT2D eigenvalue weighted by molar-refractivity contribution is 9.10. The highest BCUT2D eigenvalue weighted by Crippen LogP contribution is 2.34. The molecule has 2 aromatic carbocycles. The zero-order valence-corrected chi connectivity index (χ0v) is 14.0. The fourth-order valence-electron chi connectivity index (χ4n) is 2.72. The number of rotatable bonds is 3. The number of halogens is 3. The smallest absolute Gasteiger partial charge is 0.137 e. The lowest BCUT2D eigenvalue weighted by atomic mass is 9.71. The van der Waals surface area contributed by atoms with Gasteiger partial charge < -0.3 is 5.32 Å². The van der Waals surface area contributed by atoms with Crippen LogP contribution in [0.1, 0.15) is 11.1 Å². The van der Waals surface area contributed by atoms with Gasteiger partial charge >= 0.3 is 0 Å². The van der Waals surface area contributed by atoms with Crippen molar-refractivity contribution in [2.75, 3.05) is 13.1 Å². The first-order valence-electron chi connectivity index (χ1n) is 6.50. The summed E-state index contributed by atoms with van der Waals surface area (Å²) in [7, 11) is 0. The van der Waals surface area contributed by atoms with E-state index < -0.39 is 0 Å². The molecule has 0 radical (unpaired) electrons. The molecule has 0 amide bonds. The van der Waals surface area contributed by atoms with E-state index in [1.807, 2.05) is 18.2 Å². The van der Waals surface area contributed by atoms with E-state index in [0.29, 0.717) is 4.47 Å². The lowest BCUT2D eigenvalue weighted by Gasteiger charge is -2.43. The van der Waals surface area contributed by atoms with Crippen molar-refractivity contribution in [3.05, 3.63) is 68.4 Å². The second-order valence-corrected chi connectivity index (χ2v) is 7.09. The van der Waals surface area contributed by atoms with Crippen molar-refractivity contribution < 1.29 is 4.39 Å². The maximum Gasteiger partial charge on any atom is 0.137 e. The molecule has 0 saturated carbocycles. The van der Waals surface area contributed by atoms with Crippen LogP contribution in [0, 0.1) is 5.82 Å². The monoisotopic (exact) mass is 397 g/mol. The molecule has 0 aromatic heterocycles. The maximum absolute atomic E-state index is 13.3. The Kier molecular flexibility index (Phi) is 3.98. The third kappa shape index (κ3) is 2.69. The van der Waals surface area contributed by atoms with Gasteiger partial charge in [-0.1, -0.05) is 34.1 Å². The van der Waals surface area contributed by atoms with Gasteiger partial charge in [0.15, 0.2) is 0 Å². The summed E-state index contributed by atoms with van der Waals surface area (Å²) in [4.78, 5) is 0. The van der Waals surface area contributed by atoms with Crippen LogP contribution in [0.4, 0.5) is 4.39 Å². The Balaban J connectivity index is 1.91. The number of nitrogens with one attached hydrogen (secondary N) is 1. The molecule has 2 aromatic rings. The van der Waals surface area contributed by atoms with E-state index >= 15 is 0 Å². The first-order chi connectivity index (χ1) is 9.59. The van der Waals surface area contributed by atoms with Crippen molar-refractivity contribution in [3.8, 4) is 0 Å². The van der Waals surface area contributed by atoms with Crippen molar-refractivity contribution in [2.24, 2.45) is 0 Å². The summed E-state index contributed by atoms with van der Waals surface area (Å²) in [6, 6.07) is 13.7. The van der Waals surface area contributed by atoms with Gasteiger partial charge in [0.05, 0.1) is 4.47 Å². The van der Waals surface area contributed by atoms with Gasteiger partial charge in [-0.15, -0.1) is 0 Å². The van der Waals surface area contributed by atoms with E-state index in [4.69, 9.17) is 0 Å². The standard InChI is InChI=1S/C16H14Br2FN/c17-13-3-1-2-12(7-13)16(9-20-10-16)8-11-4-5-15(19)14(18)6-11/h1-7,20H,8-10H2. The van der Waals surface area contributed by atoms with Crippen LogP contribution in [0.25, 0.3) is 0 Å². The molecule has 104 valence electrons. The normalized spacial score (nSPS) is 16.8. The molecule has 0 spiro atoms. The number of hydrogen-bond acceptors (Lipinski definition) is 1. The van der Waals surface area contributed by atoms with Gasteiger partial charge in [-0.25, -0.2) is 4.39 Å². The SMILES string of the molecule is Fc1ccc(CC2(c3cccc(Br)c3)CNC2)cc1Br. The van der Waals surface area contributed by atoms with E-state index in [-0.39, 0.29) is 11.2 Å². The Morgan fingerprint density at radius 1 is 1.10 bits per heavy atom. The van der Waals surface area contributed by atoms with Crippen LogP contribution < -0.4 is 5.32 Å². The molecule has 1 aliphatic heterocycles. The van der Waals surface area contributed by atoms with Gasteiger partial charge in [-0.2, -0.15) is 0 Å². The van der Waals surface area contributed by atoms with E-state index in [0.717, 1.165) is 29.5 Å². The summed E-state index contributed by atoms with van der Waals surface area (Å²) < 4.78 is 15.0. The largest absolute Gasteiger partial charge is 0.315 e. The van der Waals surface area contributed by atoms with Crippen LogP contribution in [0.15, 0.2) is 51.4 Å². The highest BCUT2D eigenvalue weighted by atomic mass is 79.9. The van der Waals surface area contributed by atoms with Gasteiger partial charge in [0, 0.05) is 23.0 Å². The molecule has 1 aliphatic rings. The van der Waals surface area contributed by atoms with Gasteiger partial charge in [-0.3, -0.25) is 0 Å². The lowest BCUT2D eigenvalue weighted by molar-refractivity contribution is 0.274. The number of benzene rings is 2. The van der Waals surface area contributed by atoms with Gasteiger partial charge in [0.2, 0.25) is 0 Å². The fraction of sp³-hybridized carbons (Fsp3) is 0.250. The van der Waals surface area contributed by atoms with Crippen LogP contribution in [0.3, 0.4) is 0 Å². The van der Waals surface area contributed by atoms with Gasteiger partial charge in [0.1, 0.15) is 5.82 Å². The minimum absolute atomic E-state index is 0.112. The van der Waals surface area contributed by atoms with Crippen molar-refractivity contribution in [1.82, 2.24) is 5.32 Å². The fourth-order valence-corrected chi connectivity index (χ4v) is 3.54. The summed E-state index contributed by atoms with van der Waals surface area (Å²) in [5, 5.41) is 3.37. The molecular formula is C16H14Br2FN. The quantitative estimate of drug-likeness (QED) is 0.806. The van der Waals surface area contributed by atoms with Gasteiger partial charge in [-0.05, 0) is 57.7 Å². The predicted octanol–water partition coefficient (Wildman–Crippen LogP) is 4.43. The topological polar surface area (TPSA) is 12.0 Å². The molecule has 1 N–H and O–H groups in total. The van der Waals surface area contributed by atoms with Crippen LogP contribution >= 0.6 is 31.9 Å². The molecule has 1 nitrogen and oxygen atoms in total. The predicted molar refractivity (Wildman–Crippen MR) is 86.5 cm³/mol. The Hall–Kier alpha value is -0.710. The van der Waals surface area contributed by atoms with E-state index in [1.165, 1.54) is 11.6 Å². The molecule has 0 aliphatic carbocycles. The Morgan fingerprint density at radius 3 is 2.50 bits per heavy atom. The van der Waals surface area contributed by atoms with E-state index in [2.05, 4.69) is 55.4 Å². The molecule has 1 saturated heterocycles. The molecule has 1 heterocycles. The third-order valence-electron chi connectivity index (χ3n) is 3.89. The van der Waals surface area contributed by atoms with Crippen molar-refractivity contribution >= 4 is 31.9 Å². The summed E-state index contributed by atoms with van der Waals surface area (Å²) in [5.41, 5.74) is 2.59. The zero-order valence-electron chi connectivity index (χ0n) is 10.8. The van der Waals surface area contributed by atoms with Gasteiger partial charge in [0.25, 0.3) is 0 Å². The summed E-state index contributed by atoms with van der Waals surface area (Å²) >= 11 is 6.80. The van der Waals surface area contributed by atoms with Crippen LogP contribution in [0.5, 0.6) is 0 Å². The first-order valence-corrected chi connectivity index (χ1v) is 8.08. The van der Waals surface area contributed by atoms with E-state index in [9.17, 15) is 4.39 Å². The van der Waals surface area contributed by atoms with Crippen molar-refractivity contribution in [1.29, 1.82) is 0 Å². The Morgan fingerprint density at radius 2 is 1.90 bits per heavy atom. The molecular weight excluding hydrogens is 385 g/mol. The maximum atomic E-state index is 13.3. The first kappa shape index (κ1) is 14.2. The molecule has 0 bridgehead atoms. The number of hydrogen-bond donors (Lipinski definition) is 1. The van der Waals surface area contributed by atoms with E-state index in [1.54, 1.807) is 0 Å². The minimum atomic E-state index is -0.211. The van der Waals surface area contributed by atoms with Crippen molar-refractivity contribution in [3.63, 3.8) is 0 Å². The summed E-state index contributed by atoms with van der Waals surface area (Å²) in [6.07, 6.45) is 0.912. The zero-order chi connectivity index (χ0) is 14.2. The minimum Gasteiger partial charge on any atom is -0.315 e. The Bertz CT molecular complexity index is 638. The average molecular weight is 399 g/mol. The Labute approximate surface area is 134 Å². The lowest BCUT2D eigenvalue weighted by Crippen LogP contribution is -2.58. The summed E-state index contributed by atoms with van der Waals surface area (Å²) in [6.45, 7) is 1.91. The highest BCUT2D eigenvalue weighted by Gasteiger charge is 2.38. The van der Waals surface area contributed by atoms with Crippen LogP contribution in [0.2, 0.25) is 0 Å². The molecule has 1 fully saturated rings. The second kappa shape index (κ2) is 5.58. The average Bonchev–Trinajstić information content (AvgIpc) is 2.38.